The molecule has 2 N–H and O–H groups in total. The molecule has 1 heterocycles. The van der Waals surface area contributed by atoms with Crippen LogP contribution in [0.3, 0.4) is 0 Å². The van der Waals surface area contributed by atoms with Crippen molar-refractivity contribution < 1.29 is 4.79 Å². The van der Waals surface area contributed by atoms with Crippen molar-refractivity contribution in [2.75, 3.05) is 0 Å². The van der Waals surface area contributed by atoms with Crippen molar-refractivity contribution in [2.45, 2.75) is 25.8 Å². The number of carbonyl (C=O) groups is 1. The number of hydrogen-bond donors (Lipinski definition) is 1. The molecule has 0 aliphatic heterocycles. The summed E-state index contributed by atoms with van der Waals surface area (Å²) in [6, 6.07) is 7.96. The van der Waals surface area contributed by atoms with Crippen molar-refractivity contribution in [1.82, 2.24) is 0 Å². The van der Waals surface area contributed by atoms with E-state index in [-0.39, 0.29) is 5.78 Å². The van der Waals surface area contributed by atoms with Gasteiger partial charge in [-0.1, -0.05) is 18.2 Å². The maximum absolute atomic E-state index is 12.1. The Morgan fingerprint density at radius 2 is 2.06 bits per heavy atom. The van der Waals surface area contributed by atoms with Gasteiger partial charge < -0.3 is 5.73 Å². The van der Waals surface area contributed by atoms with Crippen LogP contribution >= 0.6 is 11.3 Å². The van der Waals surface area contributed by atoms with Crippen molar-refractivity contribution in [1.29, 1.82) is 0 Å². The molecule has 0 bridgehead atoms. The normalized spacial score (nSPS) is 11.9. The lowest BCUT2D eigenvalue weighted by Gasteiger charge is -2.16. The van der Waals surface area contributed by atoms with Gasteiger partial charge in [0.15, 0.2) is 5.78 Å². The van der Waals surface area contributed by atoms with E-state index in [1.807, 2.05) is 43.5 Å². The Kier molecular flexibility index (Phi) is 2.82. The van der Waals surface area contributed by atoms with Crippen molar-refractivity contribution in [3.05, 3.63) is 35.2 Å². The van der Waals surface area contributed by atoms with Crippen LogP contribution in [0.25, 0.3) is 10.1 Å². The number of benzene rings is 1. The second-order valence-corrected chi connectivity index (χ2v) is 5.65. The minimum atomic E-state index is -0.444. The molecular formula is C13H15NOS. The van der Waals surface area contributed by atoms with Gasteiger partial charge in [-0.25, -0.2) is 0 Å². The van der Waals surface area contributed by atoms with E-state index < -0.39 is 5.54 Å². The fourth-order valence-corrected chi connectivity index (χ4v) is 2.67. The molecule has 0 atom stereocenters. The van der Waals surface area contributed by atoms with Gasteiger partial charge in [-0.05, 0) is 19.9 Å². The van der Waals surface area contributed by atoms with E-state index in [2.05, 4.69) is 0 Å². The van der Waals surface area contributed by atoms with Crippen molar-refractivity contribution in [3.63, 3.8) is 0 Å². The van der Waals surface area contributed by atoms with E-state index >= 15 is 0 Å². The summed E-state index contributed by atoms with van der Waals surface area (Å²) in [5.74, 6) is 0.130. The van der Waals surface area contributed by atoms with Gasteiger partial charge >= 0.3 is 0 Å². The first-order valence-electron chi connectivity index (χ1n) is 5.26. The predicted octanol–water partition coefficient (Wildman–Crippen LogP) is 3.21. The van der Waals surface area contributed by atoms with E-state index in [0.717, 1.165) is 15.6 Å². The van der Waals surface area contributed by atoms with Crippen LogP contribution < -0.4 is 5.73 Å². The van der Waals surface area contributed by atoms with Gasteiger partial charge in [-0.15, -0.1) is 11.3 Å². The minimum absolute atomic E-state index is 0.130. The highest BCUT2D eigenvalue weighted by Gasteiger charge is 2.19. The Labute approximate surface area is 99.1 Å². The summed E-state index contributed by atoms with van der Waals surface area (Å²) in [6.07, 6.45) is 0.383. The van der Waals surface area contributed by atoms with Crippen LogP contribution in [-0.4, -0.2) is 11.3 Å². The average molecular weight is 233 g/mol. The lowest BCUT2D eigenvalue weighted by atomic mass is 9.95. The first-order chi connectivity index (χ1) is 7.47. The van der Waals surface area contributed by atoms with E-state index in [0.29, 0.717) is 6.42 Å². The third-order valence-electron chi connectivity index (χ3n) is 2.40. The molecule has 0 spiro atoms. The topological polar surface area (TPSA) is 43.1 Å². The molecule has 0 aliphatic carbocycles. The van der Waals surface area contributed by atoms with Crippen LogP contribution in [-0.2, 0) is 0 Å². The number of rotatable bonds is 3. The summed E-state index contributed by atoms with van der Waals surface area (Å²) in [5, 5.41) is 2.97. The SMILES string of the molecule is CC(C)(N)CC(=O)c1csc2ccccc12. The Hall–Kier alpha value is -1.19. The highest BCUT2D eigenvalue weighted by atomic mass is 32.1. The third kappa shape index (κ3) is 2.31. The van der Waals surface area contributed by atoms with Gasteiger partial charge in [0.25, 0.3) is 0 Å². The summed E-state index contributed by atoms with van der Waals surface area (Å²) in [7, 11) is 0. The lowest BCUT2D eigenvalue weighted by Crippen LogP contribution is -2.34. The van der Waals surface area contributed by atoms with E-state index in [4.69, 9.17) is 5.73 Å². The van der Waals surface area contributed by atoms with Crippen LogP contribution in [0, 0.1) is 0 Å². The number of Topliss-reactive ketones (excluding diaryl/α,β-unsaturated/α-hetero) is 1. The number of hydrogen-bond acceptors (Lipinski definition) is 3. The molecule has 0 saturated carbocycles. The molecular weight excluding hydrogens is 218 g/mol. The summed E-state index contributed by atoms with van der Waals surface area (Å²) < 4.78 is 1.15. The van der Waals surface area contributed by atoms with E-state index in [1.165, 1.54) is 0 Å². The summed E-state index contributed by atoms with van der Waals surface area (Å²) >= 11 is 1.61. The lowest BCUT2D eigenvalue weighted by molar-refractivity contribution is 0.0962. The Morgan fingerprint density at radius 3 is 2.75 bits per heavy atom. The molecule has 0 unspecified atom stereocenters. The van der Waals surface area contributed by atoms with Crippen molar-refractivity contribution in [3.8, 4) is 0 Å². The van der Waals surface area contributed by atoms with Gasteiger partial charge in [0.1, 0.15) is 0 Å². The second kappa shape index (κ2) is 4.00. The van der Waals surface area contributed by atoms with Crippen molar-refractivity contribution >= 4 is 27.2 Å². The maximum Gasteiger partial charge on any atom is 0.166 e. The van der Waals surface area contributed by atoms with Crippen LogP contribution in [0.5, 0.6) is 0 Å². The number of carbonyl (C=O) groups excluding carboxylic acids is 1. The molecule has 1 aromatic carbocycles. The first kappa shape index (κ1) is 11.3. The van der Waals surface area contributed by atoms with Gasteiger partial charge in [-0.2, -0.15) is 0 Å². The fraction of sp³-hybridized carbons (Fsp3) is 0.308. The van der Waals surface area contributed by atoms with Crippen LogP contribution in [0.2, 0.25) is 0 Å². The predicted molar refractivity (Wildman–Crippen MR) is 69.0 cm³/mol. The number of fused-ring (bicyclic) bond motifs is 1. The molecule has 0 aliphatic rings. The zero-order valence-corrected chi connectivity index (χ0v) is 10.3. The fourth-order valence-electron chi connectivity index (χ4n) is 1.70. The molecule has 2 aromatic rings. The molecule has 0 saturated heterocycles. The molecule has 2 rings (SSSR count). The highest BCUT2D eigenvalue weighted by Crippen LogP contribution is 2.27. The van der Waals surface area contributed by atoms with Crippen LogP contribution in [0.4, 0.5) is 0 Å². The molecule has 2 nitrogen and oxygen atoms in total. The van der Waals surface area contributed by atoms with E-state index in [1.54, 1.807) is 11.3 Å². The van der Waals surface area contributed by atoms with E-state index in [9.17, 15) is 4.79 Å². The highest BCUT2D eigenvalue weighted by molar-refractivity contribution is 7.17. The summed E-state index contributed by atoms with van der Waals surface area (Å²) in [4.78, 5) is 12.1. The minimum Gasteiger partial charge on any atom is -0.325 e. The molecule has 16 heavy (non-hydrogen) atoms. The Bertz CT molecular complexity index is 522. The molecule has 0 fully saturated rings. The van der Waals surface area contributed by atoms with Gasteiger partial charge in [0.2, 0.25) is 0 Å². The zero-order valence-electron chi connectivity index (χ0n) is 9.49. The van der Waals surface area contributed by atoms with Crippen LogP contribution in [0.1, 0.15) is 30.6 Å². The Balaban J connectivity index is 2.37. The quantitative estimate of drug-likeness (QED) is 0.827. The monoisotopic (exact) mass is 233 g/mol. The largest absolute Gasteiger partial charge is 0.325 e. The smallest absolute Gasteiger partial charge is 0.166 e. The van der Waals surface area contributed by atoms with Crippen LogP contribution in [0.15, 0.2) is 29.6 Å². The first-order valence-corrected chi connectivity index (χ1v) is 6.14. The number of thiophene rings is 1. The molecule has 0 amide bonds. The summed E-state index contributed by atoms with van der Waals surface area (Å²) in [5.41, 5.74) is 6.23. The molecule has 0 radical (unpaired) electrons. The molecule has 3 heteroatoms. The van der Waals surface area contributed by atoms with Gasteiger partial charge in [0, 0.05) is 33.0 Å². The molecule has 84 valence electrons. The molecule has 1 aromatic heterocycles. The standard InChI is InChI=1S/C13H15NOS/c1-13(2,14)7-11(15)10-8-16-12-6-4-3-5-9(10)12/h3-6,8H,7,14H2,1-2H3. The van der Waals surface area contributed by atoms with Crippen molar-refractivity contribution in [2.24, 2.45) is 5.73 Å². The van der Waals surface area contributed by atoms with Gasteiger partial charge in [0.05, 0.1) is 0 Å². The Morgan fingerprint density at radius 1 is 1.38 bits per heavy atom. The zero-order chi connectivity index (χ0) is 11.8. The number of nitrogens with two attached hydrogens (primary N) is 1. The summed E-state index contributed by atoms with van der Waals surface area (Å²) in [6.45, 7) is 3.75. The number of ketones is 1. The second-order valence-electron chi connectivity index (χ2n) is 4.73. The third-order valence-corrected chi connectivity index (χ3v) is 3.36. The van der Waals surface area contributed by atoms with Gasteiger partial charge in [-0.3, -0.25) is 4.79 Å². The average Bonchev–Trinajstić information content (AvgIpc) is 2.58. The maximum atomic E-state index is 12.1.